The van der Waals surface area contributed by atoms with Gasteiger partial charge in [-0.1, -0.05) is 25.7 Å². The van der Waals surface area contributed by atoms with E-state index in [-0.39, 0.29) is 18.0 Å². The first-order valence-corrected chi connectivity index (χ1v) is 6.75. The van der Waals surface area contributed by atoms with E-state index in [1.807, 2.05) is 6.79 Å². The van der Waals surface area contributed by atoms with Crippen LogP contribution < -0.4 is 0 Å². The average Bonchev–Trinajstić information content (AvgIpc) is 2.65. The van der Waals surface area contributed by atoms with Crippen LogP contribution in [0, 0.1) is 23.7 Å². The molecule has 3 nitrogen and oxygen atoms in total. The van der Waals surface area contributed by atoms with Crippen LogP contribution in [-0.2, 0) is 14.3 Å². The van der Waals surface area contributed by atoms with Crippen molar-refractivity contribution in [1.82, 2.24) is 0 Å². The van der Waals surface area contributed by atoms with E-state index in [1.54, 1.807) is 0 Å². The molecule has 0 aromatic carbocycles. The summed E-state index contributed by atoms with van der Waals surface area (Å²) in [5, 5.41) is 0. The third-order valence-corrected chi connectivity index (χ3v) is 4.92. The van der Waals surface area contributed by atoms with Gasteiger partial charge in [0.05, 0.1) is 5.92 Å². The summed E-state index contributed by atoms with van der Waals surface area (Å²) in [7, 11) is 0. The molecule has 1 heterocycles. The molecule has 3 aliphatic rings. The molecule has 2 saturated carbocycles. The van der Waals surface area contributed by atoms with Crippen LogP contribution in [0.4, 0.5) is 0 Å². The van der Waals surface area contributed by atoms with E-state index in [4.69, 9.17) is 9.53 Å². The number of carbonyl (C=O) groups excluding carboxylic acids is 2. The van der Waals surface area contributed by atoms with Crippen molar-refractivity contribution in [1.29, 1.82) is 0 Å². The molecule has 0 N–H and O–H groups in total. The standard InChI is InChI=1S/C13H20O2.CH2O/c1-8-11-6-9-4-2-3-5-10(9)7-12(11)13(14)15-8;1-2/h8-12H,2-7H2,1H3;1H2. The molecule has 96 valence electrons. The SMILES string of the molecule is C=O.CC1OC(=O)C2CC3CCCCC3CC12. The van der Waals surface area contributed by atoms with E-state index in [0.717, 1.165) is 18.3 Å². The Bertz CT molecular complexity index is 289. The maximum Gasteiger partial charge on any atom is 0.309 e. The first-order chi connectivity index (χ1) is 8.25. The summed E-state index contributed by atoms with van der Waals surface area (Å²) < 4.78 is 5.38. The molecule has 1 aliphatic heterocycles. The second kappa shape index (κ2) is 5.19. The number of cyclic esters (lactones) is 1. The van der Waals surface area contributed by atoms with Gasteiger partial charge in [-0.2, -0.15) is 0 Å². The summed E-state index contributed by atoms with van der Waals surface area (Å²) in [6.07, 6.45) is 8.10. The topological polar surface area (TPSA) is 43.4 Å². The van der Waals surface area contributed by atoms with Crippen LogP contribution in [0.5, 0.6) is 0 Å². The number of hydrogen-bond acceptors (Lipinski definition) is 3. The Hall–Kier alpha value is -0.860. The number of esters is 1. The van der Waals surface area contributed by atoms with Crippen molar-refractivity contribution in [2.45, 2.75) is 51.6 Å². The van der Waals surface area contributed by atoms with Crippen molar-refractivity contribution in [2.75, 3.05) is 0 Å². The van der Waals surface area contributed by atoms with Crippen LogP contribution in [0.3, 0.4) is 0 Å². The monoisotopic (exact) mass is 238 g/mol. The van der Waals surface area contributed by atoms with Crippen molar-refractivity contribution < 1.29 is 14.3 Å². The molecule has 0 aromatic heterocycles. The molecule has 5 unspecified atom stereocenters. The Labute approximate surface area is 103 Å². The van der Waals surface area contributed by atoms with Gasteiger partial charge in [0.15, 0.2) is 0 Å². The van der Waals surface area contributed by atoms with Crippen molar-refractivity contribution in [2.24, 2.45) is 23.7 Å². The Morgan fingerprint density at radius 3 is 2.35 bits per heavy atom. The van der Waals surface area contributed by atoms with Crippen molar-refractivity contribution in [3.63, 3.8) is 0 Å². The molecular formula is C14H22O3. The number of hydrogen-bond donors (Lipinski definition) is 0. The second-order valence-corrected chi connectivity index (χ2v) is 5.69. The first kappa shape index (κ1) is 12.6. The molecule has 17 heavy (non-hydrogen) atoms. The van der Waals surface area contributed by atoms with Gasteiger partial charge in [0.25, 0.3) is 0 Å². The summed E-state index contributed by atoms with van der Waals surface area (Å²) in [6.45, 7) is 4.08. The largest absolute Gasteiger partial charge is 0.462 e. The Morgan fingerprint density at radius 1 is 1.12 bits per heavy atom. The maximum atomic E-state index is 11.7. The fourth-order valence-electron chi connectivity index (χ4n) is 4.07. The van der Waals surface area contributed by atoms with Crippen molar-refractivity contribution in [3.05, 3.63) is 0 Å². The molecule has 0 aromatic rings. The second-order valence-electron chi connectivity index (χ2n) is 5.69. The highest BCUT2D eigenvalue weighted by Crippen LogP contribution is 2.49. The van der Waals surface area contributed by atoms with E-state index >= 15 is 0 Å². The van der Waals surface area contributed by atoms with Gasteiger partial charge < -0.3 is 9.53 Å². The van der Waals surface area contributed by atoms with Gasteiger partial charge in [0, 0.05) is 5.92 Å². The molecule has 0 radical (unpaired) electrons. The highest BCUT2D eigenvalue weighted by molar-refractivity contribution is 5.75. The summed E-state index contributed by atoms with van der Waals surface area (Å²) in [5.74, 6) is 2.61. The van der Waals surface area contributed by atoms with Gasteiger partial charge >= 0.3 is 5.97 Å². The highest BCUT2D eigenvalue weighted by atomic mass is 16.6. The molecule has 5 atom stereocenters. The fourth-order valence-corrected chi connectivity index (χ4v) is 4.07. The first-order valence-electron chi connectivity index (χ1n) is 6.75. The highest BCUT2D eigenvalue weighted by Gasteiger charge is 2.48. The van der Waals surface area contributed by atoms with Crippen LogP contribution in [0.25, 0.3) is 0 Å². The molecule has 0 amide bonds. The van der Waals surface area contributed by atoms with E-state index in [2.05, 4.69) is 6.92 Å². The van der Waals surface area contributed by atoms with Gasteiger partial charge in [-0.25, -0.2) is 0 Å². The van der Waals surface area contributed by atoms with Crippen LogP contribution in [-0.4, -0.2) is 18.9 Å². The summed E-state index contributed by atoms with van der Waals surface area (Å²) >= 11 is 0. The smallest absolute Gasteiger partial charge is 0.309 e. The summed E-state index contributed by atoms with van der Waals surface area (Å²) in [6, 6.07) is 0. The minimum atomic E-state index is 0.0940. The van der Waals surface area contributed by atoms with E-state index in [1.165, 1.54) is 32.1 Å². The minimum Gasteiger partial charge on any atom is -0.462 e. The van der Waals surface area contributed by atoms with Gasteiger partial charge in [-0.3, -0.25) is 4.79 Å². The molecule has 3 rings (SSSR count). The zero-order valence-corrected chi connectivity index (χ0v) is 10.6. The lowest BCUT2D eigenvalue weighted by molar-refractivity contribution is -0.144. The van der Waals surface area contributed by atoms with Crippen LogP contribution in [0.15, 0.2) is 0 Å². The van der Waals surface area contributed by atoms with Crippen molar-refractivity contribution in [3.8, 4) is 0 Å². The van der Waals surface area contributed by atoms with E-state index < -0.39 is 0 Å². The van der Waals surface area contributed by atoms with Gasteiger partial charge in [0.2, 0.25) is 0 Å². The molecule has 2 aliphatic carbocycles. The predicted molar refractivity (Wildman–Crippen MR) is 64.3 cm³/mol. The minimum absolute atomic E-state index is 0.0940. The maximum absolute atomic E-state index is 11.7. The van der Waals surface area contributed by atoms with E-state index in [9.17, 15) is 4.79 Å². The lowest BCUT2D eigenvalue weighted by Gasteiger charge is -2.40. The number of fused-ring (bicyclic) bond motifs is 2. The fraction of sp³-hybridized carbons (Fsp3) is 0.857. The van der Waals surface area contributed by atoms with Gasteiger partial charge in [-0.15, -0.1) is 0 Å². The third-order valence-electron chi connectivity index (χ3n) is 4.92. The Morgan fingerprint density at radius 2 is 1.71 bits per heavy atom. The lowest BCUT2D eigenvalue weighted by Crippen LogP contribution is -2.35. The number of ether oxygens (including phenoxy) is 1. The Kier molecular flexibility index (Phi) is 3.85. The quantitative estimate of drug-likeness (QED) is 0.609. The molecular weight excluding hydrogens is 216 g/mol. The zero-order valence-electron chi connectivity index (χ0n) is 10.6. The van der Waals surface area contributed by atoms with Crippen LogP contribution >= 0.6 is 0 Å². The third kappa shape index (κ3) is 2.24. The zero-order chi connectivity index (χ0) is 12.4. The normalized spacial score (nSPS) is 43.8. The average molecular weight is 238 g/mol. The van der Waals surface area contributed by atoms with Gasteiger partial charge in [-0.05, 0) is 31.6 Å². The molecule has 3 heteroatoms. The Balaban J connectivity index is 0.000000514. The van der Waals surface area contributed by atoms with Crippen molar-refractivity contribution >= 4 is 12.8 Å². The van der Waals surface area contributed by atoms with Crippen LogP contribution in [0.2, 0.25) is 0 Å². The molecule has 1 saturated heterocycles. The lowest BCUT2D eigenvalue weighted by atomic mass is 9.63. The summed E-state index contributed by atoms with van der Waals surface area (Å²) in [5.41, 5.74) is 0. The van der Waals surface area contributed by atoms with Gasteiger partial charge in [0.1, 0.15) is 12.9 Å². The van der Waals surface area contributed by atoms with E-state index in [0.29, 0.717) is 5.92 Å². The molecule has 0 spiro atoms. The number of carbonyl (C=O) groups is 2. The number of rotatable bonds is 0. The summed E-state index contributed by atoms with van der Waals surface area (Å²) in [4.78, 5) is 19.7. The van der Waals surface area contributed by atoms with Crippen LogP contribution in [0.1, 0.15) is 45.4 Å². The molecule has 3 fully saturated rings. The molecule has 0 bridgehead atoms. The predicted octanol–water partition coefficient (Wildman–Crippen LogP) is 2.58.